The third kappa shape index (κ3) is 3.09. The lowest BCUT2D eigenvalue weighted by atomic mass is 10.1. The van der Waals surface area contributed by atoms with Crippen LogP contribution < -0.4 is 5.73 Å². The van der Waals surface area contributed by atoms with Crippen molar-refractivity contribution >= 4 is 16.8 Å². The number of hydrogen-bond acceptors (Lipinski definition) is 3. The molecule has 4 nitrogen and oxygen atoms in total. The first kappa shape index (κ1) is 13.5. The van der Waals surface area contributed by atoms with E-state index < -0.39 is 0 Å². The Labute approximate surface area is 113 Å². The SMILES string of the molecule is CC(N)CCN(C)C(=O)c1ccnc2ccccc12. The molecule has 1 atom stereocenters. The molecule has 19 heavy (non-hydrogen) atoms. The molecule has 0 bridgehead atoms. The molecule has 0 saturated heterocycles. The fraction of sp³-hybridized carbons (Fsp3) is 0.333. The molecule has 1 unspecified atom stereocenters. The van der Waals surface area contributed by atoms with Crippen LogP contribution in [0.2, 0.25) is 0 Å². The number of pyridine rings is 1. The number of benzene rings is 1. The van der Waals surface area contributed by atoms with Crippen LogP contribution in [0.25, 0.3) is 10.9 Å². The molecule has 0 aliphatic rings. The van der Waals surface area contributed by atoms with Gasteiger partial charge in [-0.25, -0.2) is 0 Å². The van der Waals surface area contributed by atoms with E-state index in [9.17, 15) is 4.79 Å². The van der Waals surface area contributed by atoms with Crippen molar-refractivity contribution in [3.8, 4) is 0 Å². The Balaban J connectivity index is 2.26. The van der Waals surface area contributed by atoms with Crippen LogP contribution in [-0.4, -0.2) is 35.4 Å². The van der Waals surface area contributed by atoms with Gasteiger partial charge in [0.25, 0.3) is 5.91 Å². The molecule has 0 fully saturated rings. The van der Waals surface area contributed by atoms with E-state index in [0.717, 1.165) is 17.3 Å². The van der Waals surface area contributed by atoms with Crippen LogP contribution >= 0.6 is 0 Å². The second-order valence-corrected chi connectivity index (χ2v) is 4.87. The molecule has 2 N–H and O–H groups in total. The summed E-state index contributed by atoms with van der Waals surface area (Å²) in [7, 11) is 1.81. The van der Waals surface area contributed by atoms with Gasteiger partial charge in [0.1, 0.15) is 0 Å². The van der Waals surface area contributed by atoms with Crippen molar-refractivity contribution in [3.05, 3.63) is 42.1 Å². The molecule has 0 aliphatic heterocycles. The largest absolute Gasteiger partial charge is 0.342 e. The normalized spacial score (nSPS) is 12.4. The van der Waals surface area contributed by atoms with Gasteiger partial charge in [0.05, 0.1) is 11.1 Å². The number of hydrogen-bond donors (Lipinski definition) is 1. The van der Waals surface area contributed by atoms with Crippen molar-refractivity contribution < 1.29 is 4.79 Å². The van der Waals surface area contributed by atoms with E-state index in [1.54, 1.807) is 24.2 Å². The monoisotopic (exact) mass is 257 g/mol. The van der Waals surface area contributed by atoms with Gasteiger partial charge in [-0.1, -0.05) is 18.2 Å². The van der Waals surface area contributed by atoms with Crippen molar-refractivity contribution in [2.24, 2.45) is 5.73 Å². The smallest absolute Gasteiger partial charge is 0.254 e. The molecular weight excluding hydrogens is 238 g/mol. The summed E-state index contributed by atoms with van der Waals surface area (Å²) in [6, 6.07) is 9.55. The number of para-hydroxylation sites is 1. The third-order valence-corrected chi connectivity index (χ3v) is 3.15. The lowest BCUT2D eigenvalue weighted by Crippen LogP contribution is -2.31. The van der Waals surface area contributed by atoms with Crippen LogP contribution in [0, 0.1) is 0 Å². The van der Waals surface area contributed by atoms with Gasteiger partial charge in [0, 0.05) is 31.2 Å². The van der Waals surface area contributed by atoms with Gasteiger partial charge in [-0.3, -0.25) is 9.78 Å². The second kappa shape index (κ2) is 5.80. The third-order valence-electron chi connectivity index (χ3n) is 3.15. The van der Waals surface area contributed by atoms with E-state index in [4.69, 9.17) is 5.73 Å². The van der Waals surface area contributed by atoms with Gasteiger partial charge in [-0.15, -0.1) is 0 Å². The Hall–Kier alpha value is -1.94. The first-order chi connectivity index (χ1) is 9.09. The van der Waals surface area contributed by atoms with E-state index in [1.807, 2.05) is 31.2 Å². The number of carbonyl (C=O) groups is 1. The van der Waals surface area contributed by atoms with Crippen LogP contribution in [-0.2, 0) is 0 Å². The minimum Gasteiger partial charge on any atom is -0.342 e. The highest BCUT2D eigenvalue weighted by Crippen LogP contribution is 2.17. The van der Waals surface area contributed by atoms with Crippen LogP contribution in [0.5, 0.6) is 0 Å². The summed E-state index contributed by atoms with van der Waals surface area (Å²) in [6.45, 7) is 2.60. The van der Waals surface area contributed by atoms with Gasteiger partial charge in [0.2, 0.25) is 0 Å². The zero-order chi connectivity index (χ0) is 13.8. The second-order valence-electron chi connectivity index (χ2n) is 4.87. The molecule has 0 radical (unpaired) electrons. The highest BCUT2D eigenvalue weighted by molar-refractivity contribution is 6.05. The zero-order valence-corrected chi connectivity index (χ0v) is 11.3. The molecule has 0 spiro atoms. The van der Waals surface area contributed by atoms with E-state index in [-0.39, 0.29) is 11.9 Å². The number of fused-ring (bicyclic) bond motifs is 1. The topological polar surface area (TPSA) is 59.2 Å². The maximum Gasteiger partial charge on any atom is 0.254 e. The number of carbonyl (C=O) groups excluding carboxylic acids is 1. The first-order valence-electron chi connectivity index (χ1n) is 6.44. The highest BCUT2D eigenvalue weighted by Gasteiger charge is 2.14. The zero-order valence-electron chi connectivity index (χ0n) is 11.3. The Morgan fingerprint density at radius 2 is 2.11 bits per heavy atom. The van der Waals surface area contributed by atoms with Crippen molar-refractivity contribution in [1.82, 2.24) is 9.88 Å². The molecule has 1 heterocycles. The van der Waals surface area contributed by atoms with E-state index in [2.05, 4.69) is 4.98 Å². The van der Waals surface area contributed by atoms with Gasteiger partial charge in [0.15, 0.2) is 0 Å². The number of nitrogens with two attached hydrogens (primary N) is 1. The summed E-state index contributed by atoms with van der Waals surface area (Å²) in [6.07, 6.45) is 2.47. The maximum atomic E-state index is 12.4. The van der Waals surface area contributed by atoms with Crippen molar-refractivity contribution in [3.63, 3.8) is 0 Å². The fourth-order valence-corrected chi connectivity index (χ4v) is 1.99. The Morgan fingerprint density at radius 3 is 2.84 bits per heavy atom. The summed E-state index contributed by atoms with van der Waals surface area (Å²) in [5.41, 5.74) is 7.26. The first-order valence-corrected chi connectivity index (χ1v) is 6.44. The van der Waals surface area contributed by atoms with Gasteiger partial charge in [-0.2, -0.15) is 0 Å². The number of amides is 1. The Kier molecular flexibility index (Phi) is 4.12. The van der Waals surface area contributed by atoms with Gasteiger partial charge in [-0.05, 0) is 25.5 Å². The summed E-state index contributed by atoms with van der Waals surface area (Å²) < 4.78 is 0. The Morgan fingerprint density at radius 1 is 1.37 bits per heavy atom. The molecule has 1 amide bonds. The summed E-state index contributed by atoms with van der Waals surface area (Å²) >= 11 is 0. The standard InChI is InChI=1S/C15H19N3O/c1-11(16)8-10-18(2)15(19)13-7-9-17-14-6-4-3-5-12(13)14/h3-7,9,11H,8,10,16H2,1-2H3. The number of nitrogens with zero attached hydrogens (tertiary/aromatic N) is 2. The average molecular weight is 257 g/mol. The maximum absolute atomic E-state index is 12.4. The van der Waals surface area contributed by atoms with Crippen LogP contribution in [0.1, 0.15) is 23.7 Å². The summed E-state index contributed by atoms with van der Waals surface area (Å²) in [5.74, 6) is 0.0132. The van der Waals surface area contributed by atoms with E-state index in [0.29, 0.717) is 12.1 Å². The number of rotatable bonds is 4. The Bertz CT molecular complexity index is 575. The van der Waals surface area contributed by atoms with Crippen molar-refractivity contribution in [1.29, 1.82) is 0 Å². The van der Waals surface area contributed by atoms with Crippen molar-refractivity contribution in [2.45, 2.75) is 19.4 Å². The summed E-state index contributed by atoms with van der Waals surface area (Å²) in [4.78, 5) is 18.4. The number of aromatic nitrogens is 1. The van der Waals surface area contributed by atoms with Crippen LogP contribution in [0.3, 0.4) is 0 Å². The molecule has 100 valence electrons. The predicted molar refractivity (Wildman–Crippen MR) is 77.0 cm³/mol. The van der Waals surface area contributed by atoms with E-state index >= 15 is 0 Å². The molecule has 2 rings (SSSR count). The van der Waals surface area contributed by atoms with E-state index in [1.165, 1.54) is 0 Å². The summed E-state index contributed by atoms with van der Waals surface area (Å²) in [5, 5.41) is 0.891. The van der Waals surface area contributed by atoms with Gasteiger partial charge < -0.3 is 10.6 Å². The van der Waals surface area contributed by atoms with Crippen LogP contribution in [0.4, 0.5) is 0 Å². The highest BCUT2D eigenvalue weighted by atomic mass is 16.2. The molecule has 1 aromatic heterocycles. The van der Waals surface area contributed by atoms with Gasteiger partial charge >= 0.3 is 0 Å². The quantitative estimate of drug-likeness (QED) is 0.912. The molecule has 4 heteroatoms. The molecule has 0 saturated carbocycles. The predicted octanol–water partition coefficient (Wildman–Crippen LogP) is 2.04. The lowest BCUT2D eigenvalue weighted by molar-refractivity contribution is 0.0793. The fourth-order valence-electron chi connectivity index (χ4n) is 1.99. The minimum atomic E-state index is 0.0132. The average Bonchev–Trinajstić information content (AvgIpc) is 2.43. The molecule has 0 aliphatic carbocycles. The molecular formula is C15H19N3O. The lowest BCUT2D eigenvalue weighted by Gasteiger charge is -2.19. The van der Waals surface area contributed by atoms with Crippen molar-refractivity contribution in [2.75, 3.05) is 13.6 Å². The van der Waals surface area contributed by atoms with Crippen LogP contribution in [0.15, 0.2) is 36.5 Å². The molecule has 2 aromatic rings. The minimum absolute atomic E-state index is 0.0132. The molecule has 1 aromatic carbocycles.